The zero-order valence-electron chi connectivity index (χ0n) is 6.13. The molecule has 0 heterocycles. The Hall–Kier alpha value is -0.910. The van der Waals surface area contributed by atoms with Crippen LogP contribution < -0.4 is 16.6 Å². The quantitative estimate of drug-likeness (QED) is 0.335. The summed E-state index contributed by atoms with van der Waals surface area (Å²) >= 11 is 3.92. The summed E-state index contributed by atoms with van der Waals surface area (Å²) in [5.41, 5.74) is 8.74. The lowest BCUT2D eigenvalue weighted by atomic mass is 10.3. The van der Waals surface area contributed by atoms with Crippen LogP contribution in [0.5, 0.6) is 0 Å². The molecule has 0 aromatic rings. The summed E-state index contributed by atoms with van der Waals surface area (Å²) in [6, 6.07) is -0.796. The number of urea groups is 1. The van der Waals surface area contributed by atoms with Gasteiger partial charge in [-0.15, -0.1) is 0 Å². The summed E-state index contributed by atoms with van der Waals surface area (Å²) in [5, 5.41) is -0.415. The smallest absolute Gasteiger partial charge is 0.330 e. The van der Waals surface area contributed by atoms with Gasteiger partial charge in [0.05, 0.1) is 5.25 Å². The molecule has 11 heavy (non-hydrogen) atoms. The fourth-order valence-electron chi connectivity index (χ4n) is 0.392. The monoisotopic (exact) mass is 177 g/mol. The van der Waals surface area contributed by atoms with Crippen LogP contribution in [-0.2, 0) is 4.79 Å². The maximum absolute atomic E-state index is 10.8. The number of carbonyl (C=O) groups is 2. The molecule has 0 bridgehead atoms. The zero-order chi connectivity index (χ0) is 8.85. The van der Waals surface area contributed by atoms with Gasteiger partial charge < -0.3 is 5.73 Å². The first-order valence-electron chi connectivity index (χ1n) is 3.11. The van der Waals surface area contributed by atoms with Gasteiger partial charge in [-0.3, -0.25) is 10.2 Å². The predicted molar refractivity (Wildman–Crippen MR) is 43.9 cm³/mol. The van der Waals surface area contributed by atoms with E-state index in [0.29, 0.717) is 6.42 Å². The SMILES string of the molecule is CCC(S)C(=O)NNC(N)=O. The number of thiol groups is 1. The third-order valence-corrected chi connectivity index (χ3v) is 1.60. The van der Waals surface area contributed by atoms with Crippen LogP contribution in [0.2, 0.25) is 0 Å². The number of amides is 3. The van der Waals surface area contributed by atoms with E-state index in [0.717, 1.165) is 0 Å². The molecular formula is C5H11N3O2S. The van der Waals surface area contributed by atoms with E-state index in [1.54, 1.807) is 0 Å². The van der Waals surface area contributed by atoms with Crippen molar-refractivity contribution in [2.75, 3.05) is 0 Å². The Morgan fingerprint density at radius 2 is 2.09 bits per heavy atom. The number of rotatable bonds is 2. The first kappa shape index (κ1) is 10.1. The molecule has 0 radical (unpaired) electrons. The van der Waals surface area contributed by atoms with Crippen molar-refractivity contribution in [3.8, 4) is 0 Å². The number of hydrogen-bond acceptors (Lipinski definition) is 3. The topological polar surface area (TPSA) is 84.2 Å². The van der Waals surface area contributed by atoms with Crippen LogP contribution in [0.25, 0.3) is 0 Å². The lowest BCUT2D eigenvalue weighted by Crippen LogP contribution is -2.47. The van der Waals surface area contributed by atoms with E-state index in [9.17, 15) is 9.59 Å². The fourth-order valence-corrected chi connectivity index (χ4v) is 0.456. The van der Waals surface area contributed by atoms with Crippen LogP contribution in [0.15, 0.2) is 0 Å². The fraction of sp³-hybridized carbons (Fsp3) is 0.600. The van der Waals surface area contributed by atoms with Crippen LogP contribution in [0.4, 0.5) is 4.79 Å². The minimum absolute atomic E-state index is 0.366. The highest BCUT2D eigenvalue weighted by Gasteiger charge is 2.10. The Labute approximate surface area is 70.1 Å². The number of hydrogen-bond donors (Lipinski definition) is 4. The van der Waals surface area contributed by atoms with Crippen LogP contribution in [0.3, 0.4) is 0 Å². The second-order valence-electron chi connectivity index (χ2n) is 1.90. The molecule has 0 aliphatic heterocycles. The van der Waals surface area contributed by atoms with Crippen molar-refractivity contribution in [3.05, 3.63) is 0 Å². The van der Waals surface area contributed by atoms with E-state index >= 15 is 0 Å². The van der Waals surface area contributed by atoms with Gasteiger partial charge in [0.2, 0.25) is 0 Å². The van der Waals surface area contributed by atoms with Gasteiger partial charge in [-0.2, -0.15) is 12.6 Å². The maximum atomic E-state index is 10.8. The van der Waals surface area contributed by atoms with Crippen molar-refractivity contribution in [3.63, 3.8) is 0 Å². The van der Waals surface area contributed by atoms with Gasteiger partial charge in [0.25, 0.3) is 5.91 Å². The van der Waals surface area contributed by atoms with Crippen molar-refractivity contribution < 1.29 is 9.59 Å². The molecule has 0 aliphatic rings. The van der Waals surface area contributed by atoms with Crippen molar-refractivity contribution in [1.29, 1.82) is 0 Å². The van der Waals surface area contributed by atoms with E-state index in [1.807, 2.05) is 12.3 Å². The third kappa shape index (κ3) is 4.49. The van der Waals surface area contributed by atoms with Gasteiger partial charge in [0.15, 0.2) is 0 Å². The molecule has 0 saturated heterocycles. The molecule has 0 spiro atoms. The van der Waals surface area contributed by atoms with Crippen molar-refractivity contribution in [2.45, 2.75) is 18.6 Å². The Morgan fingerprint density at radius 3 is 2.45 bits per heavy atom. The molecule has 64 valence electrons. The molecule has 3 amide bonds. The van der Waals surface area contributed by atoms with Crippen LogP contribution in [0, 0.1) is 0 Å². The summed E-state index contributed by atoms with van der Waals surface area (Å²) in [6.07, 6.45) is 0.593. The summed E-state index contributed by atoms with van der Waals surface area (Å²) in [7, 11) is 0. The standard InChI is InChI=1S/C5H11N3O2S/c1-2-3(11)4(9)7-8-5(6)10/h3,11H,2H2,1H3,(H,7,9)(H3,6,8,10). The molecule has 0 aromatic carbocycles. The van der Waals surface area contributed by atoms with Crippen molar-refractivity contribution >= 4 is 24.6 Å². The number of primary amides is 1. The first-order valence-corrected chi connectivity index (χ1v) is 3.63. The van der Waals surface area contributed by atoms with Gasteiger partial charge >= 0.3 is 6.03 Å². The molecule has 4 N–H and O–H groups in total. The van der Waals surface area contributed by atoms with E-state index < -0.39 is 11.3 Å². The highest BCUT2D eigenvalue weighted by molar-refractivity contribution is 7.81. The molecular weight excluding hydrogens is 166 g/mol. The van der Waals surface area contributed by atoms with Gasteiger partial charge in [0.1, 0.15) is 0 Å². The van der Waals surface area contributed by atoms with E-state index in [4.69, 9.17) is 5.73 Å². The van der Waals surface area contributed by atoms with Gasteiger partial charge in [0, 0.05) is 0 Å². The lowest BCUT2D eigenvalue weighted by Gasteiger charge is -2.07. The Morgan fingerprint density at radius 1 is 1.55 bits per heavy atom. The predicted octanol–water partition coefficient (Wildman–Crippen LogP) is -0.606. The minimum Gasteiger partial charge on any atom is -0.350 e. The second-order valence-corrected chi connectivity index (χ2v) is 2.53. The molecule has 0 aliphatic carbocycles. The van der Waals surface area contributed by atoms with Crippen LogP contribution in [0.1, 0.15) is 13.3 Å². The van der Waals surface area contributed by atoms with Crippen molar-refractivity contribution in [1.82, 2.24) is 10.9 Å². The Kier molecular flexibility index (Phi) is 4.44. The lowest BCUT2D eigenvalue weighted by molar-refractivity contribution is -0.121. The highest BCUT2D eigenvalue weighted by atomic mass is 32.1. The Balaban J connectivity index is 3.60. The zero-order valence-corrected chi connectivity index (χ0v) is 7.02. The number of hydrazine groups is 1. The van der Waals surface area contributed by atoms with E-state index in [1.165, 1.54) is 0 Å². The minimum atomic E-state index is -0.796. The highest BCUT2D eigenvalue weighted by Crippen LogP contribution is 1.98. The summed E-state index contributed by atoms with van der Waals surface area (Å²) in [6.45, 7) is 1.81. The largest absolute Gasteiger partial charge is 0.350 e. The molecule has 5 nitrogen and oxygen atoms in total. The first-order chi connectivity index (χ1) is 5.07. The van der Waals surface area contributed by atoms with E-state index in [2.05, 4.69) is 18.1 Å². The number of nitrogens with two attached hydrogens (primary N) is 1. The molecule has 1 unspecified atom stereocenters. The van der Waals surface area contributed by atoms with E-state index in [-0.39, 0.29) is 5.91 Å². The average molecular weight is 177 g/mol. The van der Waals surface area contributed by atoms with Crippen LogP contribution in [-0.4, -0.2) is 17.2 Å². The number of nitrogens with one attached hydrogen (secondary N) is 2. The number of carbonyl (C=O) groups excluding carboxylic acids is 2. The van der Waals surface area contributed by atoms with Crippen LogP contribution >= 0.6 is 12.6 Å². The summed E-state index contributed by atoms with van der Waals surface area (Å²) < 4.78 is 0. The normalized spacial score (nSPS) is 11.8. The molecule has 0 aromatic heterocycles. The second kappa shape index (κ2) is 4.84. The molecule has 0 fully saturated rings. The van der Waals surface area contributed by atoms with Gasteiger partial charge in [-0.25, -0.2) is 10.2 Å². The maximum Gasteiger partial charge on any atom is 0.330 e. The van der Waals surface area contributed by atoms with Crippen molar-refractivity contribution in [2.24, 2.45) is 5.73 Å². The average Bonchev–Trinajstić information content (AvgIpc) is 1.98. The Bertz CT molecular complexity index is 162. The van der Waals surface area contributed by atoms with Gasteiger partial charge in [-0.1, -0.05) is 6.92 Å². The summed E-state index contributed by atoms with van der Waals surface area (Å²) in [5.74, 6) is -0.366. The molecule has 1 atom stereocenters. The van der Waals surface area contributed by atoms with Gasteiger partial charge in [-0.05, 0) is 6.42 Å². The summed E-state index contributed by atoms with van der Waals surface area (Å²) in [4.78, 5) is 20.9. The molecule has 0 saturated carbocycles. The third-order valence-electron chi connectivity index (χ3n) is 0.998. The molecule has 6 heteroatoms. The molecule has 0 rings (SSSR count).